The van der Waals surface area contributed by atoms with Crippen LogP contribution in [0.1, 0.15) is 44.0 Å². The summed E-state index contributed by atoms with van der Waals surface area (Å²) in [6.45, 7) is 11.5. The van der Waals surface area contributed by atoms with Crippen LogP contribution in [0.15, 0.2) is 61.2 Å². The number of carbonyl (C=O) groups excluding carboxylic acids is 2. The molecule has 0 atom stereocenters. The maximum absolute atomic E-state index is 14.0. The smallest absolute Gasteiger partial charge is 0.263 e. The van der Waals surface area contributed by atoms with Crippen LogP contribution in [0.4, 0.5) is 11.4 Å². The summed E-state index contributed by atoms with van der Waals surface area (Å²) in [5.41, 5.74) is 3.01. The molecule has 0 aliphatic heterocycles. The molecule has 1 N–H and O–H groups in total. The molecule has 0 bridgehead atoms. The number of hydrogen-bond donors (Lipinski definition) is 1. The highest BCUT2D eigenvalue weighted by Gasteiger charge is 2.37. The number of amides is 2. The third-order valence-corrected chi connectivity index (χ3v) is 13.2. The van der Waals surface area contributed by atoms with Crippen LogP contribution in [-0.2, 0) is 9.22 Å². The molecular formula is C32H38ClN5O4Si. The summed E-state index contributed by atoms with van der Waals surface area (Å²) in [4.78, 5) is 36.8. The largest absolute Gasteiger partial charge is 0.495 e. The van der Waals surface area contributed by atoms with E-state index in [-0.39, 0.29) is 40.0 Å². The number of benzene rings is 2. The topological polar surface area (TPSA) is 98.6 Å². The van der Waals surface area contributed by atoms with Crippen molar-refractivity contribution in [3.63, 3.8) is 0 Å². The maximum atomic E-state index is 14.0. The Bertz CT molecular complexity index is 1660. The van der Waals surface area contributed by atoms with Crippen molar-refractivity contribution in [2.45, 2.75) is 51.7 Å². The molecule has 0 spiro atoms. The third-order valence-electron chi connectivity index (χ3n) is 8.35. The summed E-state index contributed by atoms with van der Waals surface area (Å²) in [5, 5.41) is 4.08. The van der Waals surface area contributed by atoms with Crippen molar-refractivity contribution in [2.75, 3.05) is 30.5 Å². The standard InChI is InChI=1S/C32H38ClN5O4Si/c1-32(2,3)43(5,6)42-16-15-37(31(40)24-19-34-20-35-29(24)33)23-17-22-13-14-38(26-9-7-8-10-27(26)41-4)28(22)25(18-23)36-30(39)21-11-12-21/h7-10,13-14,17-21H,11-12,15-16H2,1-6H3,(H,36,39). The number of anilines is 2. The zero-order valence-corrected chi connectivity index (χ0v) is 27.2. The molecule has 0 unspecified atom stereocenters. The van der Waals surface area contributed by atoms with Gasteiger partial charge >= 0.3 is 0 Å². The van der Waals surface area contributed by atoms with Gasteiger partial charge in [-0.25, -0.2) is 9.97 Å². The highest BCUT2D eigenvalue weighted by molar-refractivity contribution is 6.74. The fourth-order valence-corrected chi connectivity index (χ4v) is 5.90. The van der Waals surface area contributed by atoms with E-state index in [0.717, 1.165) is 29.4 Å². The zero-order valence-electron chi connectivity index (χ0n) is 25.5. The number of nitrogens with zero attached hydrogens (tertiary/aromatic N) is 4. The summed E-state index contributed by atoms with van der Waals surface area (Å²) in [6.07, 6.45) is 6.40. The summed E-state index contributed by atoms with van der Waals surface area (Å²) in [6, 6.07) is 13.5. The van der Waals surface area contributed by atoms with Gasteiger partial charge in [0.1, 0.15) is 17.2 Å². The van der Waals surface area contributed by atoms with Crippen molar-refractivity contribution in [1.82, 2.24) is 14.5 Å². The number of carbonyl (C=O) groups is 2. The Morgan fingerprint density at radius 1 is 1.16 bits per heavy atom. The minimum atomic E-state index is -2.08. The first kappa shape index (κ1) is 30.7. The summed E-state index contributed by atoms with van der Waals surface area (Å²) >= 11 is 6.36. The average molecular weight is 620 g/mol. The lowest BCUT2D eigenvalue weighted by molar-refractivity contribution is -0.117. The van der Waals surface area contributed by atoms with Crippen LogP contribution in [-0.4, -0.2) is 54.9 Å². The van der Waals surface area contributed by atoms with Crippen LogP contribution in [0.3, 0.4) is 0 Å². The fourth-order valence-electron chi connectivity index (χ4n) is 4.69. The van der Waals surface area contributed by atoms with Gasteiger partial charge in [-0.1, -0.05) is 44.5 Å². The molecule has 226 valence electrons. The van der Waals surface area contributed by atoms with Crippen LogP contribution >= 0.6 is 11.6 Å². The predicted molar refractivity (Wildman–Crippen MR) is 173 cm³/mol. The number of nitrogens with one attached hydrogen (secondary N) is 1. The molecule has 1 aliphatic rings. The number of methoxy groups -OCH3 is 1. The Labute approximate surface area is 258 Å². The van der Waals surface area contributed by atoms with Crippen LogP contribution in [0.2, 0.25) is 23.3 Å². The summed E-state index contributed by atoms with van der Waals surface area (Å²) in [5.74, 6) is 0.295. The fraction of sp³-hybridized carbons (Fsp3) is 0.375. The molecule has 0 saturated heterocycles. The second-order valence-electron chi connectivity index (χ2n) is 12.3. The Balaban J connectivity index is 1.61. The Hall–Kier alpha value is -3.73. The molecule has 0 radical (unpaired) electrons. The third kappa shape index (κ3) is 6.46. The van der Waals surface area contributed by atoms with E-state index in [4.69, 9.17) is 20.8 Å². The van der Waals surface area contributed by atoms with Crippen molar-refractivity contribution >= 4 is 54.0 Å². The van der Waals surface area contributed by atoms with Crippen molar-refractivity contribution < 1.29 is 18.8 Å². The van der Waals surface area contributed by atoms with Gasteiger partial charge in [0.2, 0.25) is 5.91 Å². The molecule has 43 heavy (non-hydrogen) atoms. The second-order valence-corrected chi connectivity index (χ2v) is 17.5. The number of fused-ring (bicyclic) bond motifs is 1. The lowest BCUT2D eigenvalue weighted by Crippen LogP contribution is -2.43. The molecule has 5 rings (SSSR count). The quantitative estimate of drug-likeness (QED) is 0.150. The number of ether oxygens (including phenoxy) is 1. The van der Waals surface area contributed by atoms with Crippen LogP contribution in [0.25, 0.3) is 16.6 Å². The first-order chi connectivity index (χ1) is 20.4. The van der Waals surface area contributed by atoms with Gasteiger partial charge < -0.3 is 23.9 Å². The monoisotopic (exact) mass is 619 g/mol. The molecular weight excluding hydrogens is 582 g/mol. The molecule has 11 heteroatoms. The molecule has 2 aromatic heterocycles. The lowest BCUT2D eigenvalue weighted by Gasteiger charge is -2.37. The van der Waals surface area contributed by atoms with E-state index in [0.29, 0.717) is 23.7 Å². The van der Waals surface area contributed by atoms with Crippen LogP contribution in [0.5, 0.6) is 5.75 Å². The van der Waals surface area contributed by atoms with Gasteiger partial charge in [0.05, 0.1) is 36.2 Å². The molecule has 2 heterocycles. The molecule has 1 fully saturated rings. The number of halogens is 1. The van der Waals surface area contributed by atoms with E-state index < -0.39 is 8.32 Å². The lowest BCUT2D eigenvalue weighted by atomic mass is 10.1. The van der Waals surface area contributed by atoms with Crippen molar-refractivity contribution in [2.24, 2.45) is 5.92 Å². The van der Waals surface area contributed by atoms with Crippen LogP contribution in [0, 0.1) is 5.92 Å². The van der Waals surface area contributed by atoms with Gasteiger partial charge in [-0.3, -0.25) is 9.59 Å². The number of rotatable bonds is 10. The van der Waals surface area contributed by atoms with Gasteiger partial charge in [0, 0.05) is 35.9 Å². The molecule has 4 aromatic rings. The Morgan fingerprint density at radius 3 is 2.58 bits per heavy atom. The van der Waals surface area contributed by atoms with E-state index in [1.165, 1.54) is 12.5 Å². The van der Waals surface area contributed by atoms with Crippen molar-refractivity contribution in [1.29, 1.82) is 0 Å². The van der Waals surface area contributed by atoms with Crippen molar-refractivity contribution in [3.8, 4) is 11.4 Å². The Morgan fingerprint density at radius 2 is 1.91 bits per heavy atom. The van der Waals surface area contributed by atoms with Gasteiger partial charge in [0.25, 0.3) is 5.91 Å². The SMILES string of the molecule is COc1ccccc1-n1ccc2cc(N(CCO[Si](C)(C)C(C)(C)C)C(=O)c3cncnc3Cl)cc(NC(=O)C3CC3)c21. The predicted octanol–water partition coefficient (Wildman–Crippen LogP) is 7.10. The average Bonchev–Trinajstić information content (AvgIpc) is 3.74. The summed E-state index contributed by atoms with van der Waals surface area (Å²) in [7, 11) is -0.453. The molecule has 1 saturated carbocycles. The van der Waals surface area contributed by atoms with Crippen LogP contribution < -0.4 is 15.0 Å². The maximum Gasteiger partial charge on any atom is 0.263 e. The molecule has 9 nitrogen and oxygen atoms in total. The minimum absolute atomic E-state index is 0.00984. The number of hydrogen-bond acceptors (Lipinski definition) is 6. The highest BCUT2D eigenvalue weighted by atomic mass is 35.5. The van der Waals surface area contributed by atoms with Gasteiger partial charge in [-0.05, 0) is 61.3 Å². The second kappa shape index (κ2) is 12.1. The van der Waals surface area contributed by atoms with E-state index in [1.807, 2.05) is 53.2 Å². The Kier molecular flexibility index (Phi) is 8.65. The first-order valence-electron chi connectivity index (χ1n) is 14.4. The van der Waals surface area contributed by atoms with Gasteiger partial charge in [-0.15, -0.1) is 0 Å². The number of para-hydroxylation sites is 2. The molecule has 2 aromatic carbocycles. The molecule has 2 amide bonds. The number of aromatic nitrogens is 3. The zero-order chi connectivity index (χ0) is 30.9. The van der Waals surface area contributed by atoms with Crippen molar-refractivity contribution in [3.05, 3.63) is 71.9 Å². The van der Waals surface area contributed by atoms with Gasteiger partial charge in [-0.2, -0.15) is 0 Å². The van der Waals surface area contributed by atoms with E-state index in [2.05, 4.69) is 49.1 Å². The normalized spacial score (nSPS) is 13.7. The van der Waals surface area contributed by atoms with Gasteiger partial charge in [0.15, 0.2) is 8.32 Å². The minimum Gasteiger partial charge on any atom is -0.495 e. The van der Waals surface area contributed by atoms with E-state index in [9.17, 15) is 9.59 Å². The van der Waals surface area contributed by atoms with E-state index >= 15 is 0 Å². The first-order valence-corrected chi connectivity index (χ1v) is 17.7. The highest BCUT2D eigenvalue weighted by Crippen LogP contribution is 2.39. The molecule has 1 aliphatic carbocycles. The van der Waals surface area contributed by atoms with E-state index in [1.54, 1.807) is 12.0 Å². The summed E-state index contributed by atoms with van der Waals surface area (Å²) < 4.78 is 14.1.